The number of ether oxygens (including phenoxy) is 1. The summed E-state index contributed by atoms with van der Waals surface area (Å²) in [6, 6.07) is 13.5. The number of nitrogens with zero attached hydrogens (tertiary/aromatic N) is 4. The van der Waals surface area contributed by atoms with Crippen molar-refractivity contribution in [2.75, 3.05) is 19.6 Å². The van der Waals surface area contributed by atoms with Gasteiger partial charge < -0.3 is 15.0 Å². The minimum absolute atomic E-state index is 0.00689. The van der Waals surface area contributed by atoms with Crippen molar-refractivity contribution >= 4 is 11.8 Å². The van der Waals surface area contributed by atoms with Crippen LogP contribution in [0.4, 0.5) is 8.78 Å². The second kappa shape index (κ2) is 13.8. The lowest BCUT2D eigenvalue weighted by Crippen LogP contribution is -2.54. The van der Waals surface area contributed by atoms with Crippen LogP contribution in [0.3, 0.4) is 0 Å². The second-order valence-electron chi connectivity index (χ2n) is 13.5. The number of likely N-dealkylation sites (tertiary alicyclic amines) is 2. The fourth-order valence-corrected chi connectivity index (χ4v) is 6.88. The van der Waals surface area contributed by atoms with Crippen molar-refractivity contribution < 1.29 is 23.1 Å². The Morgan fingerprint density at radius 3 is 2.43 bits per heavy atom. The number of hydrogen-bond donors (Lipinski definition) is 1. The molecule has 2 saturated heterocycles. The van der Waals surface area contributed by atoms with Crippen molar-refractivity contribution in [3.05, 3.63) is 71.2 Å². The number of benzene rings is 2. The highest BCUT2D eigenvalue weighted by atomic mass is 19.1. The van der Waals surface area contributed by atoms with Crippen LogP contribution >= 0.6 is 0 Å². The fourth-order valence-electron chi connectivity index (χ4n) is 6.88. The number of halogens is 2. The summed E-state index contributed by atoms with van der Waals surface area (Å²) >= 11 is 0. The molecule has 2 aliphatic heterocycles. The number of amides is 2. The van der Waals surface area contributed by atoms with Crippen LogP contribution in [0.25, 0.3) is 11.3 Å². The Kier molecular flexibility index (Phi) is 9.63. The zero-order valence-corrected chi connectivity index (χ0v) is 26.8. The SMILES string of the molecule is CC(C)c1ccc(-c2ccc(Oc3cc(C(=O)N[C@@H]4CCN(C5CCCC5)C[C@@H]4F)c(F)cc3CN3C[C@@H](C)CC3=O)cc2)nn1. The molecule has 1 aromatic heterocycles. The van der Waals surface area contributed by atoms with Gasteiger partial charge in [0, 0.05) is 49.8 Å². The number of aromatic nitrogens is 2. The van der Waals surface area contributed by atoms with Gasteiger partial charge in [0.1, 0.15) is 23.5 Å². The molecule has 2 amide bonds. The van der Waals surface area contributed by atoms with Crippen molar-refractivity contribution in [3.8, 4) is 22.8 Å². The Morgan fingerprint density at radius 2 is 1.80 bits per heavy atom. The van der Waals surface area contributed by atoms with Crippen molar-refractivity contribution in [1.29, 1.82) is 0 Å². The van der Waals surface area contributed by atoms with Gasteiger partial charge in [-0.2, -0.15) is 10.2 Å². The highest BCUT2D eigenvalue weighted by Gasteiger charge is 2.35. The van der Waals surface area contributed by atoms with Gasteiger partial charge in [-0.3, -0.25) is 14.5 Å². The summed E-state index contributed by atoms with van der Waals surface area (Å²) in [5.41, 5.74) is 2.71. The number of carbonyl (C=O) groups is 2. The van der Waals surface area contributed by atoms with Gasteiger partial charge in [0.25, 0.3) is 5.91 Å². The number of carbonyl (C=O) groups excluding carboxylic acids is 2. The molecule has 6 rings (SSSR count). The van der Waals surface area contributed by atoms with Crippen LogP contribution in [-0.2, 0) is 11.3 Å². The third-order valence-electron chi connectivity index (χ3n) is 9.55. The van der Waals surface area contributed by atoms with E-state index in [1.165, 1.54) is 25.0 Å². The van der Waals surface area contributed by atoms with Crippen molar-refractivity contribution in [2.45, 2.75) is 90.0 Å². The number of alkyl halides is 1. The van der Waals surface area contributed by atoms with Gasteiger partial charge in [0.2, 0.25) is 5.91 Å². The molecule has 0 radical (unpaired) electrons. The van der Waals surface area contributed by atoms with E-state index in [2.05, 4.69) is 34.3 Å². The molecule has 0 bridgehead atoms. The molecule has 8 nitrogen and oxygen atoms in total. The first-order valence-corrected chi connectivity index (χ1v) is 16.6. The summed E-state index contributed by atoms with van der Waals surface area (Å²) in [6.07, 6.45) is 4.21. The minimum Gasteiger partial charge on any atom is -0.457 e. The maximum absolute atomic E-state index is 15.6. The van der Waals surface area contributed by atoms with Crippen LogP contribution < -0.4 is 10.1 Å². The topological polar surface area (TPSA) is 87.7 Å². The number of piperidine rings is 1. The molecule has 2 aromatic carbocycles. The van der Waals surface area contributed by atoms with Gasteiger partial charge in [-0.25, -0.2) is 8.78 Å². The predicted octanol–water partition coefficient (Wildman–Crippen LogP) is 6.65. The fraction of sp³-hybridized carbons (Fsp3) is 0.500. The third-order valence-corrected chi connectivity index (χ3v) is 9.55. The number of nitrogens with one attached hydrogen (secondary N) is 1. The Bertz CT molecular complexity index is 1540. The van der Waals surface area contributed by atoms with Crippen LogP contribution in [-0.4, -0.2) is 69.7 Å². The molecular weight excluding hydrogens is 588 g/mol. The lowest BCUT2D eigenvalue weighted by Gasteiger charge is -2.38. The molecule has 3 aliphatic rings. The first-order valence-electron chi connectivity index (χ1n) is 16.6. The zero-order valence-electron chi connectivity index (χ0n) is 26.8. The van der Waals surface area contributed by atoms with Gasteiger partial charge in [-0.05, 0) is 79.6 Å². The molecule has 244 valence electrons. The van der Waals surface area contributed by atoms with E-state index in [9.17, 15) is 9.59 Å². The number of hydrogen-bond acceptors (Lipinski definition) is 6. The van der Waals surface area contributed by atoms with E-state index in [-0.39, 0.29) is 42.1 Å². The Balaban J connectivity index is 1.21. The summed E-state index contributed by atoms with van der Waals surface area (Å²) in [5, 5.41) is 11.4. The minimum atomic E-state index is -1.23. The first-order chi connectivity index (χ1) is 22.1. The molecule has 0 unspecified atom stereocenters. The maximum Gasteiger partial charge on any atom is 0.254 e. The van der Waals surface area contributed by atoms with E-state index in [4.69, 9.17) is 4.74 Å². The quantitative estimate of drug-likeness (QED) is 0.285. The highest BCUT2D eigenvalue weighted by molar-refractivity contribution is 5.95. The zero-order chi connectivity index (χ0) is 32.4. The average Bonchev–Trinajstić information content (AvgIpc) is 3.69. The lowest BCUT2D eigenvalue weighted by atomic mass is 9.99. The molecule has 3 heterocycles. The molecule has 3 aromatic rings. The second-order valence-corrected chi connectivity index (χ2v) is 13.5. The maximum atomic E-state index is 15.6. The van der Waals surface area contributed by atoms with E-state index in [0.29, 0.717) is 43.3 Å². The molecule has 0 spiro atoms. The lowest BCUT2D eigenvalue weighted by molar-refractivity contribution is -0.128. The molecule has 46 heavy (non-hydrogen) atoms. The van der Waals surface area contributed by atoms with Crippen molar-refractivity contribution in [1.82, 2.24) is 25.3 Å². The van der Waals surface area contributed by atoms with Gasteiger partial charge in [-0.15, -0.1) is 0 Å². The predicted molar refractivity (Wildman–Crippen MR) is 172 cm³/mol. The van der Waals surface area contributed by atoms with Crippen molar-refractivity contribution in [3.63, 3.8) is 0 Å². The van der Waals surface area contributed by atoms with Crippen LogP contribution in [0.15, 0.2) is 48.5 Å². The monoisotopic (exact) mass is 631 g/mol. The van der Waals surface area contributed by atoms with E-state index < -0.39 is 23.9 Å². The summed E-state index contributed by atoms with van der Waals surface area (Å²) in [6.45, 7) is 7.82. The summed E-state index contributed by atoms with van der Waals surface area (Å²) in [4.78, 5) is 29.8. The van der Waals surface area contributed by atoms with Gasteiger partial charge >= 0.3 is 0 Å². The van der Waals surface area contributed by atoms with Gasteiger partial charge in [-0.1, -0.05) is 33.6 Å². The average molecular weight is 632 g/mol. The molecule has 10 heteroatoms. The molecule has 1 aliphatic carbocycles. The molecule has 3 fully saturated rings. The molecule has 1 N–H and O–H groups in total. The largest absolute Gasteiger partial charge is 0.457 e. The third kappa shape index (κ3) is 7.22. The van der Waals surface area contributed by atoms with Crippen LogP contribution in [0, 0.1) is 11.7 Å². The number of rotatable bonds is 9. The summed E-state index contributed by atoms with van der Waals surface area (Å²) < 4.78 is 37.1. The summed E-state index contributed by atoms with van der Waals surface area (Å²) in [5.74, 6) is -0.211. The normalized spacial score (nSPS) is 22.5. The standard InChI is InChI=1S/C36H43F2N5O3/c1-22(2)31-12-13-32(41-40-31)24-8-10-27(11-9-24)46-34-18-28(29(37)17-25(34)20-43-19-23(3)16-35(43)44)36(45)39-33-14-15-42(21-30(33)38)26-6-4-5-7-26/h8-13,17-18,22-23,26,30,33H,4-7,14-16,19-21H2,1-3H3,(H,39,45)/t23-,30-,33+/m0/s1. The van der Waals surface area contributed by atoms with E-state index >= 15 is 8.78 Å². The van der Waals surface area contributed by atoms with Crippen LogP contribution in [0.2, 0.25) is 0 Å². The van der Waals surface area contributed by atoms with Gasteiger partial charge in [0.05, 0.1) is 23.0 Å². The van der Waals surface area contributed by atoms with E-state index in [0.717, 1.165) is 29.8 Å². The Labute approximate surface area is 269 Å². The van der Waals surface area contributed by atoms with Crippen LogP contribution in [0.5, 0.6) is 11.5 Å². The first kappa shape index (κ1) is 32.0. The van der Waals surface area contributed by atoms with Gasteiger partial charge in [0.15, 0.2) is 0 Å². The Morgan fingerprint density at radius 1 is 1.04 bits per heavy atom. The van der Waals surface area contributed by atoms with E-state index in [1.807, 2.05) is 31.2 Å². The smallest absolute Gasteiger partial charge is 0.254 e. The highest BCUT2D eigenvalue weighted by Crippen LogP contribution is 2.33. The Hall–Kier alpha value is -3.92. The van der Waals surface area contributed by atoms with Crippen molar-refractivity contribution in [2.24, 2.45) is 5.92 Å². The van der Waals surface area contributed by atoms with Crippen LogP contribution in [0.1, 0.15) is 86.8 Å². The molecule has 1 saturated carbocycles. The summed E-state index contributed by atoms with van der Waals surface area (Å²) in [7, 11) is 0. The molecular formula is C36H43F2N5O3. The van der Waals surface area contributed by atoms with E-state index in [1.54, 1.807) is 17.0 Å². The molecule has 3 atom stereocenters.